The Bertz CT molecular complexity index is 1110. The summed E-state index contributed by atoms with van der Waals surface area (Å²) in [5.74, 6) is -1.02. The van der Waals surface area contributed by atoms with E-state index in [0.717, 1.165) is 16.7 Å². The molecular weight excluding hydrogens is 414 g/mol. The number of carbonyl (C=O) groups excluding carboxylic acids is 3. The zero-order valence-corrected chi connectivity index (χ0v) is 18.7. The zero-order chi connectivity index (χ0) is 23.2. The number of benzene rings is 3. The molecule has 33 heavy (non-hydrogen) atoms. The summed E-state index contributed by atoms with van der Waals surface area (Å²) in [6, 6.07) is 26.7. The Morgan fingerprint density at radius 2 is 1.15 bits per heavy atom. The second kappa shape index (κ2) is 10.1. The Labute approximate surface area is 194 Å². The van der Waals surface area contributed by atoms with Crippen LogP contribution in [0.3, 0.4) is 0 Å². The molecule has 3 aromatic carbocycles. The number of hydrogen-bond acceptors (Lipinski definition) is 3. The Hall–Kier alpha value is -3.93. The molecule has 0 saturated carbocycles. The van der Waals surface area contributed by atoms with Crippen molar-refractivity contribution in [1.82, 2.24) is 14.7 Å². The van der Waals surface area contributed by atoms with Gasteiger partial charge in [-0.1, -0.05) is 72.8 Å². The summed E-state index contributed by atoms with van der Waals surface area (Å²) in [5, 5.41) is 0. The van der Waals surface area contributed by atoms with Crippen molar-refractivity contribution < 1.29 is 14.4 Å². The molecule has 0 spiro atoms. The van der Waals surface area contributed by atoms with E-state index in [1.807, 2.05) is 72.8 Å². The highest BCUT2D eigenvalue weighted by Gasteiger charge is 2.32. The molecule has 0 N–H and O–H groups in total. The SMILES string of the molecule is CN(Cc1ccccc1)C(=O)c1ccc(CN2CCN(Cc3ccccc3)C(=O)C2=O)cc1. The van der Waals surface area contributed by atoms with E-state index in [1.54, 1.807) is 33.9 Å². The van der Waals surface area contributed by atoms with Gasteiger partial charge in [0.1, 0.15) is 0 Å². The molecule has 1 fully saturated rings. The Balaban J connectivity index is 1.33. The van der Waals surface area contributed by atoms with Crippen LogP contribution < -0.4 is 0 Å². The van der Waals surface area contributed by atoms with Gasteiger partial charge in [-0.25, -0.2) is 0 Å². The van der Waals surface area contributed by atoms with Crippen molar-refractivity contribution in [3.8, 4) is 0 Å². The van der Waals surface area contributed by atoms with E-state index in [9.17, 15) is 14.4 Å². The fourth-order valence-corrected chi connectivity index (χ4v) is 3.94. The highest BCUT2D eigenvalue weighted by molar-refractivity contribution is 6.35. The van der Waals surface area contributed by atoms with E-state index in [1.165, 1.54) is 0 Å². The van der Waals surface area contributed by atoms with Gasteiger partial charge in [-0.15, -0.1) is 0 Å². The van der Waals surface area contributed by atoms with Gasteiger partial charge >= 0.3 is 11.8 Å². The average molecular weight is 442 g/mol. The third kappa shape index (κ3) is 5.47. The summed E-state index contributed by atoms with van der Waals surface area (Å²) in [4.78, 5) is 42.8. The van der Waals surface area contributed by atoms with Crippen LogP contribution in [-0.4, -0.2) is 52.6 Å². The van der Waals surface area contributed by atoms with Gasteiger partial charge in [0.05, 0.1) is 0 Å². The molecule has 1 aliphatic heterocycles. The van der Waals surface area contributed by atoms with Gasteiger partial charge in [-0.2, -0.15) is 0 Å². The minimum Gasteiger partial charge on any atom is -0.337 e. The summed E-state index contributed by atoms with van der Waals surface area (Å²) in [6.45, 7) is 2.30. The zero-order valence-electron chi connectivity index (χ0n) is 18.7. The van der Waals surface area contributed by atoms with Gasteiger partial charge < -0.3 is 14.7 Å². The van der Waals surface area contributed by atoms with Gasteiger partial charge in [0.25, 0.3) is 5.91 Å². The molecule has 6 heteroatoms. The molecule has 3 amide bonds. The van der Waals surface area contributed by atoms with Crippen LogP contribution in [0.1, 0.15) is 27.0 Å². The van der Waals surface area contributed by atoms with E-state index >= 15 is 0 Å². The quantitative estimate of drug-likeness (QED) is 0.529. The molecule has 1 aliphatic rings. The first kappa shape index (κ1) is 22.3. The largest absolute Gasteiger partial charge is 0.337 e. The maximum absolute atomic E-state index is 12.7. The number of amides is 3. The highest BCUT2D eigenvalue weighted by Crippen LogP contribution is 2.15. The second-order valence-electron chi connectivity index (χ2n) is 8.28. The topological polar surface area (TPSA) is 60.9 Å². The predicted molar refractivity (Wildman–Crippen MR) is 126 cm³/mol. The van der Waals surface area contributed by atoms with Crippen molar-refractivity contribution in [3.05, 3.63) is 107 Å². The van der Waals surface area contributed by atoms with Crippen LogP contribution >= 0.6 is 0 Å². The van der Waals surface area contributed by atoms with Crippen molar-refractivity contribution in [3.63, 3.8) is 0 Å². The van der Waals surface area contributed by atoms with Crippen molar-refractivity contribution in [2.75, 3.05) is 20.1 Å². The fourth-order valence-electron chi connectivity index (χ4n) is 3.94. The molecule has 1 saturated heterocycles. The van der Waals surface area contributed by atoms with Crippen molar-refractivity contribution >= 4 is 17.7 Å². The number of rotatable bonds is 7. The number of piperazine rings is 1. The van der Waals surface area contributed by atoms with Crippen LogP contribution in [0.5, 0.6) is 0 Å². The van der Waals surface area contributed by atoms with Gasteiger partial charge in [-0.05, 0) is 28.8 Å². The smallest absolute Gasteiger partial charge is 0.312 e. The molecule has 1 heterocycles. The molecule has 4 rings (SSSR count). The molecule has 0 aromatic heterocycles. The van der Waals surface area contributed by atoms with E-state index in [0.29, 0.717) is 38.3 Å². The van der Waals surface area contributed by atoms with E-state index in [4.69, 9.17) is 0 Å². The normalized spacial score (nSPS) is 13.8. The van der Waals surface area contributed by atoms with Crippen LogP contribution in [-0.2, 0) is 29.2 Å². The van der Waals surface area contributed by atoms with E-state index < -0.39 is 11.8 Å². The Morgan fingerprint density at radius 3 is 1.67 bits per heavy atom. The van der Waals surface area contributed by atoms with Crippen LogP contribution in [0.25, 0.3) is 0 Å². The van der Waals surface area contributed by atoms with Gasteiger partial charge in [0.2, 0.25) is 0 Å². The molecule has 0 unspecified atom stereocenters. The van der Waals surface area contributed by atoms with Crippen molar-refractivity contribution in [1.29, 1.82) is 0 Å². The first-order valence-electron chi connectivity index (χ1n) is 11.0. The lowest BCUT2D eigenvalue weighted by Crippen LogP contribution is -2.53. The molecule has 0 bridgehead atoms. The summed E-state index contributed by atoms with van der Waals surface area (Å²) in [5.41, 5.74) is 3.55. The average Bonchev–Trinajstić information content (AvgIpc) is 2.85. The number of nitrogens with zero attached hydrogens (tertiary/aromatic N) is 3. The predicted octanol–water partition coefficient (Wildman–Crippen LogP) is 3.33. The van der Waals surface area contributed by atoms with Crippen molar-refractivity contribution in [2.45, 2.75) is 19.6 Å². The first-order valence-corrected chi connectivity index (χ1v) is 11.0. The summed E-state index contributed by atoms with van der Waals surface area (Å²) >= 11 is 0. The molecule has 0 radical (unpaired) electrons. The van der Waals surface area contributed by atoms with Gasteiger partial charge in [0, 0.05) is 45.3 Å². The monoisotopic (exact) mass is 441 g/mol. The summed E-state index contributed by atoms with van der Waals surface area (Å²) in [7, 11) is 1.78. The van der Waals surface area contributed by atoms with Crippen LogP contribution in [0.4, 0.5) is 0 Å². The van der Waals surface area contributed by atoms with Crippen LogP contribution in [0, 0.1) is 0 Å². The molecule has 168 valence electrons. The van der Waals surface area contributed by atoms with Crippen molar-refractivity contribution in [2.24, 2.45) is 0 Å². The van der Waals surface area contributed by atoms with E-state index in [-0.39, 0.29) is 5.91 Å². The third-order valence-corrected chi connectivity index (χ3v) is 5.80. The molecule has 0 aliphatic carbocycles. The van der Waals surface area contributed by atoms with E-state index in [2.05, 4.69) is 0 Å². The maximum Gasteiger partial charge on any atom is 0.312 e. The highest BCUT2D eigenvalue weighted by atomic mass is 16.2. The molecular formula is C27H27N3O3. The molecule has 0 atom stereocenters. The molecule has 6 nitrogen and oxygen atoms in total. The lowest BCUT2D eigenvalue weighted by Gasteiger charge is -2.34. The molecule has 3 aromatic rings. The van der Waals surface area contributed by atoms with Crippen LogP contribution in [0.15, 0.2) is 84.9 Å². The van der Waals surface area contributed by atoms with Gasteiger partial charge in [0.15, 0.2) is 0 Å². The lowest BCUT2D eigenvalue weighted by atomic mass is 10.1. The number of hydrogen-bond donors (Lipinski definition) is 0. The lowest BCUT2D eigenvalue weighted by molar-refractivity contribution is -0.156. The minimum atomic E-state index is -0.486. The summed E-state index contributed by atoms with van der Waals surface area (Å²) in [6.07, 6.45) is 0. The van der Waals surface area contributed by atoms with Gasteiger partial charge in [-0.3, -0.25) is 14.4 Å². The maximum atomic E-state index is 12.7. The third-order valence-electron chi connectivity index (χ3n) is 5.80. The van der Waals surface area contributed by atoms with Crippen LogP contribution in [0.2, 0.25) is 0 Å². The first-order chi connectivity index (χ1) is 16.0. The summed E-state index contributed by atoms with van der Waals surface area (Å²) < 4.78 is 0. The second-order valence-corrected chi connectivity index (χ2v) is 8.28. The Kier molecular flexibility index (Phi) is 6.83. The Morgan fingerprint density at radius 1 is 0.697 bits per heavy atom. The number of carbonyl (C=O) groups is 3. The minimum absolute atomic E-state index is 0.0637. The standard InChI is InChI=1S/C27H27N3O3/c1-28(18-21-8-4-2-5-9-21)25(31)24-14-12-23(13-15-24)20-30-17-16-29(26(32)27(30)33)19-22-10-6-3-7-11-22/h2-15H,16-20H2,1H3. The fraction of sp³-hybridized carbons (Fsp3) is 0.222.